The second-order valence-corrected chi connectivity index (χ2v) is 0.954. The predicted octanol–water partition coefficient (Wildman–Crippen LogP) is -1.80. The van der Waals surface area contributed by atoms with Crippen molar-refractivity contribution in [2.24, 2.45) is 0 Å². The van der Waals surface area contributed by atoms with Gasteiger partial charge in [0.2, 0.25) is 0 Å². The molecule has 0 amide bonds. The molecular weight excluding hydrogens is 400 g/mol. The second kappa shape index (κ2) is 8.32. The molecule has 1 radical (unpaired) electrons. The molecule has 67 valence electrons. The number of ether oxygens (including phenoxy) is 2. The van der Waals surface area contributed by atoms with Gasteiger partial charge in [0, 0.05) is 0 Å². The standard InChI is InChI=1S/C3H2O7.H3N.U/c4-1(5)9-3(8)10-2(6)7;;/h(H,4,5)(H,6,7);1H3;/q;;+1/p-1. The van der Waals surface area contributed by atoms with Crippen molar-refractivity contribution >= 4 is 18.5 Å². The van der Waals surface area contributed by atoms with Gasteiger partial charge in [0.25, 0.3) is 12.3 Å². The van der Waals surface area contributed by atoms with E-state index in [9.17, 15) is 24.6 Å². The van der Waals surface area contributed by atoms with Gasteiger partial charge in [0.1, 0.15) is 0 Å². The second-order valence-electron chi connectivity index (χ2n) is 0.954. The zero-order valence-electron chi connectivity index (χ0n) is 5.86. The van der Waals surface area contributed by atoms with Crippen molar-refractivity contribution in [3.8, 4) is 0 Å². The normalized spacial score (nSPS) is 6.67. The van der Waals surface area contributed by atoms with E-state index in [-0.39, 0.29) is 37.3 Å². The van der Waals surface area contributed by atoms with Crippen LogP contribution in [-0.2, 0) is 9.47 Å². The predicted molar refractivity (Wildman–Crippen MR) is 24.3 cm³/mol. The van der Waals surface area contributed by atoms with Crippen LogP contribution in [-0.4, -0.2) is 18.5 Å². The Bertz CT molecular complexity index is 161. The minimum atomic E-state index is -2.20. The Morgan fingerprint density at radius 3 is 1.33 bits per heavy atom. The molecule has 0 unspecified atom stereocenters. The molecular formula is C3H4NO7U. The fourth-order valence-electron chi connectivity index (χ4n) is 0.157. The minimum absolute atomic E-state index is 0. The van der Waals surface area contributed by atoms with Crippen LogP contribution < -0.4 is 16.4 Å². The first-order valence-electron chi connectivity index (χ1n) is 1.84. The SMILES string of the molecule is O=C([O-])OC(=O)OC(=O)[O-].[NH4+].[U+]. The topological polar surface area (TPSA) is 152 Å². The van der Waals surface area contributed by atoms with E-state index in [1.807, 2.05) is 0 Å². The molecule has 0 bridgehead atoms. The molecule has 0 rings (SSSR count). The van der Waals surface area contributed by atoms with Crippen molar-refractivity contribution < 1.29 is 65.2 Å². The van der Waals surface area contributed by atoms with Gasteiger partial charge in [-0.2, -0.15) is 0 Å². The van der Waals surface area contributed by atoms with Gasteiger partial charge in [-0.15, -0.1) is 0 Å². The average molecular weight is 404 g/mol. The summed E-state index contributed by atoms with van der Waals surface area (Å²) >= 11 is 0. The van der Waals surface area contributed by atoms with E-state index in [0.29, 0.717) is 0 Å². The van der Waals surface area contributed by atoms with Crippen molar-refractivity contribution in [1.82, 2.24) is 6.15 Å². The Morgan fingerprint density at radius 2 is 1.17 bits per heavy atom. The summed E-state index contributed by atoms with van der Waals surface area (Å²) in [5.74, 6) is 0. The molecule has 12 heavy (non-hydrogen) atoms. The summed E-state index contributed by atoms with van der Waals surface area (Å²) in [6, 6.07) is 0. The maximum Gasteiger partial charge on any atom is 1.00 e. The van der Waals surface area contributed by atoms with Crippen LogP contribution in [0.5, 0.6) is 0 Å². The van der Waals surface area contributed by atoms with Crippen molar-refractivity contribution in [3.63, 3.8) is 0 Å². The summed E-state index contributed by atoms with van der Waals surface area (Å²) < 4.78 is 6.17. The molecule has 0 aromatic heterocycles. The Labute approximate surface area is 89.8 Å². The van der Waals surface area contributed by atoms with Crippen molar-refractivity contribution in [1.29, 1.82) is 0 Å². The smallest absolute Gasteiger partial charge is 0.467 e. The molecule has 0 aromatic rings. The molecule has 0 saturated heterocycles. The monoisotopic (exact) mass is 404 g/mol. The molecule has 9 heteroatoms. The van der Waals surface area contributed by atoms with Crippen LogP contribution in [0.4, 0.5) is 14.4 Å². The molecule has 0 aliphatic carbocycles. The first-order chi connectivity index (χ1) is 4.52. The van der Waals surface area contributed by atoms with Gasteiger partial charge in [-0.1, -0.05) is 0 Å². The number of carbonyl (C=O) groups excluding carboxylic acids is 3. The Balaban J connectivity index is -0.000000405. The van der Waals surface area contributed by atoms with E-state index < -0.39 is 18.5 Å². The van der Waals surface area contributed by atoms with E-state index in [1.165, 1.54) is 0 Å². The van der Waals surface area contributed by atoms with Crippen LogP contribution in [0.2, 0.25) is 0 Å². The van der Waals surface area contributed by atoms with Gasteiger partial charge in [0.05, 0.1) is 0 Å². The fourth-order valence-corrected chi connectivity index (χ4v) is 0.157. The molecule has 0 aliphatic heterocycles. The molecule has 0 spiro atoms. The Morgan fingerprint density at radius 1 is 0.917 bits per heavy atom. The summed E-state index contributed by atoms with van der Waals surface area (Å²) in [7, 11) is 0. The number of hydrogen-bond acceptors (Lipinski definition) is 7. The van der Waals surface area contributed by atoms with Crippen LogP contribution in [0, 0.1) is 31.1 Å². The summed E-state index contributed by atoms with van der Waals surface area (Å²) in [5.41, 5.74) is 0. The molecule has 0 aromatic carbocycles. The number of carboxylic acid groups (broad SMARTS) is 2. The van der Waals surface area contributed by atoms with Crippen LogP contribution in [0.25, 0.3) is 0 Å². The largest absolute Gasteiger partial charge is 1.00 e. The molecule has 0 aliphatic rings. The number of carbonyl (C=O) groups is 3. The summed E-state index contributed by atoms with van der Waals surface area (Å²) in [5, 5.41) is 18.7. The summed E-state index contributed by atoms with van der Waals surface area (Å²) in [6.45, 7) is 0. The van der Waals surface area contributed by atoms with Gasteiger partial charge in [-0.25, -0.2) is 4.79 Å². The first-order valence-corrected chi connectivity index (χ1v) is 1.84. The van der Waals surface area contributed by atoms with E-state index >= 15 is 0 Å². The third-order valence-electron chi connectivity index (χ3n) is 0.333. The third-order valence-corrected chi connectivity index (χ3v) is 0.333. The van der Waals surface area contributed by atoms with Gasteiger partial charge in [-0.05, 0) is 0 Å². The van der Waals surface area contributed by atoms with Gasteiger partial charge in [0.15, 0.2) is 0 Å². The summed E-state index contributed by atoms with van der Waals surface area (Å²) in [4.78, 5) is 28.5. The Kier molecular flexibility index (Phi) is 12.0. The average Bonchev–Trinajstić information content (AvgIpc) is 1.58. The number of rotatable bonds is 0. The van der Waals surface area contributed by atoms with E-state index in [4.69, 9.17) is 0 Å². The zero-order chi connectivity index (χ0) is 8.15. The Hall–Kier alpha value is -0.778. The van der Waals surface area contributed by atoms with Crippen LogP contribution in [0.1, 0.15) is 0 Å². The van der Waals surface area contributed by atoms with Gasteiger partial charge >= 0.3 is 37.3 Å². The maximum absolute atomic E-state index is 9.78. The van der Waals surface area contributed by atoms with E-state index in [2.05, 4.69) is 9.47 Å². The number of quaternary nitrogens is 1. The quantitative estimate of drug-likeness (QED) is 0.369. The molecule has 0 saturated carbocycles. The fraction of sp³-hybridized carbons (Fsp3) is 0. The van der Waals surface area contributed by atoms with E-state index in [1.54, 1.807) is 0 Å². The van der Waals surface area contributed by atoms with Crippen LogP contribution in [0.15, 0.2) is 0 Å². The maximum atomic E-state index is 9.78. The van der Waals surface area contributed by atoms with Crippen molar-refractivity contribution in [2.75, 3.05) is 0 Å². The molecule has 0 heterocycles. The third kappa shape index (κ3) is 12.0. The molecule has 0 fully saturated rings. The summed E-state index contributed by atoms with van der Waals surface area (Å²) in [6.07, 6.45) is -6.32. The van der Waals surface area contributed by atoms with Crippen molar-refractivity contribution in [2.45, 2.75) is 0 Å². The van der Waals surface area contributed by atoms with Gasteiger partial charge < -0.3 is 35.4 Å². The molecule has 4 N–H and O–H groups in total. The molecule has 0 atom stereocenters. The number of hydrogen-bond donors (Lipinski definition) is 1. The molecule has 8 nitrogen and oxygen atoms in total. The van der Waals surface area contributed by atoms with Crippen molar-refractivity contribution in [3.05, 3.63) is 0 Å². The van der Waals surface area contributed by atoms with Gasteiger partial charge in [-0.3, -0.25) is 0 Å². The minimum Gasteiger partial charge on any atom is -0.467 e. The van der Waals surface area contributed by atoms with Crippen LogP contribution >= 0.6 is 0 Å². The zero-order valence-corrected chi connectivity index (χ0v) is 10.0. The van der Waals surface area contributed by atoms with Crippen LogP contribution in [0.3, 0.4) is 0 Å². The van der Waals surface area contributed by atoms with E-state index in [0.717, 1.165) is 0 Å². The first kappa shape index (κ1) is 17.3.